The second-order valence-corrected chi connectivity index (χ2v) is 8.55. The zero-order chi connectivity index (χ0) is 26.3. The Balaban J connectivity index is 1.72. The third-order valence-electron chi connectivity index (χ3n) is 6.37. The average Bonchev–Trinajstić information content (AvgIpc) is 3.46. The minimum atomic E-state index is -1.01. The number of rotatable bonds is 6. The smallest absolute Gasteiger partial charge is 0.300 e. The number of anilines is 1. The molecule has 2 heterocycles. The SMILES string of the molecule is CCOc1cc(C2/C(=C(\O)c3ccc(OC)cc3C)C(=O)C(=O)N2c2ccc3c(c2)OCO3)ccc1O. The number of hydrogen-bond acceptors (Lipinski definition) is 8. The molecule has 1 unspecified atom stereocenters. The van der Waals surface area contributed by atoms with E-state index in [1.807, 2.05) is 0 Å². The number of phenolic OH excluding ortho intramolecular Hbond substituents is 1. The molecule has 2 aliphatic rings. The fraction of sp³-hybridized carbons (Fsp3) is 0.214. The summed E-state index contributed by atoms with van der Waals surface area (Å²) in [7, 11) is 1.53. The van der Waals surface area contributed by atoms with Gasteiger partial charge in [0, 0.05) is 17.3 Å². The standard InChI is InChI=1S/C28H25NO8/c1-4-35-22-12-16(5-9-20(22)30)25-24(26(31)19-8-7-18(34-3)11-15(19)2)27(32)28(33)29(25)17-6-10-21-23(13-17)37-14-36-21/h5-13,25,30-31H,4,14H2,1-3H3/b26-24+. The fourth-order valence-electron chi connectivity index (χ4n) is 4.60. The number of methoxy groups -OCH3 is 1. The highest BCUT2D eigenvalue weighted by Crippen LogP contribution is 2.46. The van der Waals surface area contributed by atoms with Gasteiger partial charge in [-0.05, 0) is 67.4 Å². The van der Waals surface area contributed by atoms with Gasteiger partial charge in [-0.25, -0.2) is 0 Å². The predicted molar refractivity (Wildman–Crippen MR) is 134 cm³/mol. The zero-order valence-electron chi connectivity index (χ0n) is 20.5. The molecule has 0 aromatic heterocycles. The molecule has 190 valence electrons. The quantitative estimate of drug-likeness (QED) is 0.288. The molecule has 3 aromatic carbocycles. The van der Waals surface area contributed by atoms with Gasteiger partial charge < -0.3 is 29.2 Å². The molecule has 9 heteroatoms. The van der Waals surface area contributed by atoms with E-state index in [9.17, 15) is 19.8 Å². The molecule has 0 saturated carbocycles. The molecule has 2 N–H and O–H groups in total. The van der Waals surface area contributed by atoms with Crippen molar-refractivity contribution in [1.29, 1.82) is 0 Å². The lowest BCUT2D eigenvalue weighted by molar-refractivity contribution is -0.132. The first kappa shape index (κ1) is 24.1. The number of carbonyl (C=O) groups is 2. The molecule has 1 amide bonds. The third-order valence-corrected chi connectivity index (χ3v) is 6.37. The molecular formula is C28H25NO8. The number of ketones is 1. The molecule has 1 atom stereocenters. The van der Waals surface area contributed by atoms with Crippen LogP contribution < -0.4 is 23.8 Å². The van der Waals surface area contributed by atoms with Crippen LogP contribution in [-0.4, -0.2) is 42.4 Å². The monoisotopic (exact) mass is 503 g/mol. The van der Waals surface area contributed by atoms with Gasteiger partial charge in [0.15, 0.2) is 23.0 Å². The van der Waals surface area contributed by atoms with Gasteiger partial charge in [-0.15, -0.1) is 0 Å². The van der Waals surface area contributed by atoms with E-state index in [0.717, 1.165) is 0 Å². The highest BCUT2D eigenvalue weighted by atomic mass is 16.7. The zero-order valence-corrected chi connectivity index (χ0v) is 20.5. The Morgan fingerprint density at radius 1 is 1.05 bits per heavy atom. The normalized spacial score (nSPS) is 17.8. The summed E-state index contributed by atoms with van der Waals surface area (Å²) in [6, 6.07) is 13.5. The summed E-state index contributed by atoms with van der Waals surface area (Å²) in [4.78, 5) is 28.2. The van der Waals surface area contributed by atoms with Crippen LogP contribution in [0.4, 0.5) is 5.69 Å². The van der Waals surface area contributed by atoms with E-state index < -0.39 is 17.7 Å². The largest absolute Gasteiger partial charge is 0.507 e. The van der Waals surface area contributed by atoms with Gasteiger partial charge in [-0.1, -0.05) is 6.07 Å². The first-order valence-corrected chi connectivity index (χ1v) is 11.7. The number of aryl methyl sites for hydroxylation is 1. The van der Waals surface area contributed by atoms with Gasteiger partial charge in [-0.3, -0.25) is 14.5 Å². The van der Waals surface area contributed by atoms with Crippen LogP contribution in [0.3, 0.4) is 0 Å². The number of aliphatic hydroxyl groups excluding tert-OH is 1. The van der Waals surface area contributed by atoms with E-state index in [1.165, 1.54) is 18.1 Å². The number of amides is 1. The van der Waals surface area contributed by atoms with Crippen LogP contribution >= 0.6 is 0 Å². The number of carbonyl (C=O) groups excluding carboxylic acids is 2. The molecule has 3 aromatic rings. The molecule has 1 saturated heterocycles. The van der Waals surface area contributed by atoms with Crippen LogP contribution in [0.25, 0.3) is 5.76 Å². The van der Waals surface area contributed by atoms with Gasteiger partial charge >= 0.3 is 0 Å². The Hall–Kier alpha value is -4.66. The lowest BCUT2D eigenvalue weighted by atomic mass is 9.93. The maximum absolute atomic E-state index is 13.5. The minimum absolute atomic E-state index is 0.0491. The lowest BCUT2D eigenvalue weighted by Crippen LogP contribution is -2.29. The van der Waals surface area contributed by atoms with Gasteiger partial charge in [0.05, 0.1) is 25.3 Å². The van der Waals surface area contributed by atoms with E-state index in [4.69, 9.17) is 18.9 Å². The lowest BCUT2D eigenvalue weighted by Gasteiger charge is -2.26. The minimum Gasteiger partial charge on any atom is -0.507 e. The summed E-state index contributed by atoms with van der Waals surface area (Å²) in [5, 5.41) is 21.7. The highest BCUT2D eigenvalue weighted by Gasteiger charge is 2.47. The Bertz CT molecular complexity index is 1440. The predicted octanol–water partition coefficient (Wildman–Crippen LogP) is 4.46. The van der Waals surface area contributed by atoms with Crippen molar-refractivity contribution in [3.05, 3.63) is 76.9 Å². The molecule has 9 nitrogen and oxygen atoms in total. The van der Waals surface area contributed by atoms with Crippen LogP contribution in [-0.2, 0) is 9.59 Å². The van der Waals surface area contributed by atoms with Crippen molar-refractivity contribution < 1.29 is 38.7 Å². The number of ether oxygens (including phenoxy) is 4. The van der Waals surface area contributed by atoms with Crippen molar-refractivity contribution in [3.63, 3.8) is 0 Å². The molecule has 1 fully saturated rings. The summed E-state index contributed by atoms with van der Waals surface area (Å²) >= 11 is 0. The van der Waals surface area contributed by atoms with E-state index in [1.54, 1.807) is 62.4 Å². The topological polar surface area (TPSA) is 115 Å². The number of aliphatic hydroxyl groups is 1. The van der Waals surface area contributed by atoms with Crippen molar-refractivity contribution in [2.75, 3.05) is 25.4 Å². The Morgan fingerprint density at radius 3 is 2.57 bits per heavy atom. The third kappa shape index (κ3) is 4.08. The van der Waals surface area contributed by atoms with Crippen molar-refractivity contribution >= 4 is 23.1 Å². The summed E-state index contributed by atoms with van der Waals surface area (Å²) in [6.45, 7) is 3.89. The van der Waals surface area contributed by atoms with Crippen LogP contribution in [0.5, 0.6) is 28.7 Å². The molecular weight excluding hydrogens is 478 g/mol. The average molecular weight is 504 g/mol. The molecule has 0 spiro atoms. The number of Topliss-reactive ketones (excluding diaryl/α,β-unsaturated/α-hetero) is 1. The summed E-state index contributed by atoms with van der Waals surface area (Å²) < 4.78 is 21.7. The Morgan fingerprint density at radius 2 is 1.84 bits per heavy atom. The van der Waals surface area contributed by atoms with Crippen LogP contribution in [0.1, 0.15) is 29.7 Å². The van der Waals surface area contributed by atoms with Crippen LogP contribution in [0.15, 0.2) is 60.2 Å². The number of nitrogens with zero attached hydrogens (tertiary/aromatic N) is 1. The molecule has 2 aliphatic heterocycles. The molecule has 5 rings (SSSR count). The van der Waals surface area contributed by atoms with Crippen LogP contribution in [0.2, 0.25) is 0 Å². The van der Waals surface area contributed by atoms with E-state index in [2.05, 4.69) is 0 Å². The summed E-state index contributed by atoms with van der Waals surface area (Å²) in [5.74, 6) is -0.333. The van der Waals surface area contributed by atoms with Gasteiger partial charge in [0.1, 0.15) is 11.5 Å². The number of fused-ring (bicyclic) bond motifs is 1. The number of benzene rings is 3. The maximum atomic E-state index is 13.5. The number of aromatic hydroxyl groups is 1. The molecule has 0 radical (unpaired) electrons. The van der Waals surface area contributed by atoms with Crippen LogP contribution in [0, 0.1) is 6.92 Å². The molecule has 0 aliphatic carbocycles. The fourth-order valence-corrected chi connectivity index (χ4v) is 4.60. The summed E-state index contributed by atoms with van der Waals surface area (Å²) in [6.07, 6.45) is 0. The van der Waals surface area contributed by atoms with Crippen molar-refractivity contribution in [3.8, 4) is 28.7 Å². The second kappa shape index (κ2) is 9.42. The van der Waals surface area contributed by atoms with Crippen molar-refractivity contribution in [2.24, 2.45) is 0 Å². The van der Waals surface area contributed by atoms with Gasteiger partial charge in [-0.2, -0.15) is 0 Å². The second-order valence-electron chi connectivity index (χ2n) is 8.55. The van der Waals surface area contributed by atoms with E-state index in [-0.39, 0.29) is 29.6 Å². The molecule has 0 bridgehead atoms. The molecule has 37 heavy (non-hydrogen) atoms. The Kier molecular flexibility index (Phi) is 6.12. The first-order chi connectivity index (χ1) is 17.8. The van der Waals surface area contributed by atoms with E-state index >= 15 is 0 Å². The highest BCUT2D eigenvalue weighted by molar-refractivity contribution is 6.51. The number of hydrogen-bond donors (Lipinski definition) is 2. The van der Waals surface area contributed by atoms with Crippen molar-refractivity contribution in [1.82, 2.24) is 0 Å². The van der Waals surface area contributed by atoms with E-state index in [0.29, 0.717) is 46.2 Å². The van der Waals surface area contributed by atoms with Gasteiger partial charge in [0.2, 0.25) is 6.79 Å². The first-order valence-electron chi connectivity index (χ1n) is 11.7. The summed E-state index contributed by atoms with van der Waals surface area (Å²) in [5.41, 5.74) is 1.80. The maximum Gasteiger partial charge on any atom is 0.300 e. The number of phenols is 1. The van der Waals surface area contributed by atoms with Gasteiger partial charge in [0.25, 0.3) is 11.7 Å². The Labute approximate surface area is 213 Å². The van der Waals surface area contributed by atoms with Crippen molar-refractivity contribution in [2.45, 2.75) is 19.9 Å².